The number of piperidine rings is 1. The Labute approximate surface area is 117 Å². The topological polar surface area (TPSA) is 72.7 Å². The standard InChI is InChI=1S/C14H18N2O4/c1-10-5-7-15(8-6-10)13-4-3-11(16(18)19)9-12(13)14(17)20-2/h3-4,9-10H,5-8H2,1-2H3. The number of carbonyl (C=O) groups excluding carboxylic acids is 1. The SMILES string of the molecule is COC(=O)c1cc([N+](=O)[O-])ccc1N1CCC(C)CC1. The molecule has 20 heavy (non-hydrogen) atoms. The van der Waals surface area contributed by atoms with E-state index in [1.165, 1.54) is 19.2 Å². The van der Waals surface area contributed by atoms with E-state index in [0.717, 1.165) is 25.9 Å². The molecule has 1 aliphatic heterocycles. The number of carbonyl (C=O) groups is 1. The fourth-order valence-corrected chi connectivity index (χ4v) is 2.44. The molecule has 1 aliphatic rings. The van der Waals surface area contributed by atoms with Crippen LogP contribution < -0.4 is 4.90 Å². The molecule has 0 saturated carbocycles. The first-order valence-corrected chi connectivity index (χ1v) is 6.64. The van der Waals surface area contributed by atoms with Gasteiger partial charge in [0.25, 0.3) is 5.69 Å². The molecule has 0 bridgehead atoms. The minimum absolute atomic E-state index is 0.0977. The quantitative estimate of drug-likeness (QED) is 0.483. The number of methoxy groups -OCH3 is 1. The predicted octanol–water partition coefficient (Wildman–Crippen LogP) is 2.62. The number of nitro benzene ring substituents is 1. The number of hydrogen-bond acceptors (Lipinski definition) is 5. The van der Waals surface area contributed by atoms with E-state index in [1.54, 1.807) is 6.07 Å². The molecule has 2 rings (SSSR count). The Morgan fingerprint density at radius 3 is 2.60 bits per heavy atom. The van der Waals surface area contributed by atoms with Crippen LogP contribution in [-0.4, -0.2) is 31.1 Å². The van der Waals surface area contributed by atoms with Crippen LogP contribution in [-0.2, 0) is 4.74 Å². The minimum atomic E-state index is -0.540. The van der Waals surface area contributed by atoms with Gasteiger partial charge in [-0.3, -0.25) is 10.1 Å². The molecule has 1 aromatic rings. The van der Waals surface area contributed by atoms with Gasteiger partial charge in [-0.1, -0.05) is 6.92 Å². The first-order chi connectivity index (χ1) is 9.52. The third-order valence-electron chi connectivity index (χ3n) is 3.72. The molecule has 1 aromatic carbocycles. The second kappa shape index (κ2) is 5.90. The van der Waals surface area contributed by atoms with Gasteiger partial charge in [-0.05, 0) is 24.8 Å². The van der Waals surface area contributed by atoms with Crippen LogP contribution in [0.5, 0.6) is 0 Å². The van der Waals surface area contributed by atoms with Crippen LogP contribution in [0.2, 0.25) is 0 Å². The lowest BCUT2D eigenvalue weighted by Crippen LogP contribution is -2.33. The van der Waals surface area contributed by atoms with Crippen LogP contribution in [0.1, 0.15) is 30.1 Å². The molecular weight excluding hydrogens is 260 g/mol. The van der Waals surface area contributed by atoms with Gasteiger partial charge in [0.2, 0.25) is 0 Å². The summed E-state index contributed by atoms with van der Waals surface area (Å²) in [5, 5.41) is 10.8. The summed E-state index contributed by atoms with van der Waals surface area (Å²) in [5.74, 6) is 0.133. The normalized spacial score (nSPS) is 16.0. The lowest BCUT2D eigenvalue weighted by Gasteiger charge is -2.33. The first kappa shape index (κ1) is 14.3. The van der Waals surface area contributed by atoms with Crippen molar-refractivity contribution in [2.45, 2.75) is 19.8 Å². The fourth-order valence-electron chi connectivity index (χ4n) is 2.44. The second-order valence-corrected chi connectivity index (χ2v) is 5.12. The Bertz CT molecular complexity index is 522. The maximum Gasteiger partial charge on any atom is 0.340 e. The lowest BCUT2D eigenvalue weighted by atomic mass is 9.98. The van der Waals surface area contributed by atoms with Gasteiger partial charge in [0.15, 0.2) is 0 Å². The van der Waals surface area contributed by atoms with E-state index in [-0.39, 0.29) is 11.3 Å². The highest BCUT2D eigenvalue weighted by molar-refractivity contribution is 5.96. The molecule has 0 atom stereocenters. The highest BCUT2D eigenvalue weighted by atomic mass is 16.6. The number of rotatable bonds is 3. The van der Waals surface area contributed by atoms with Crippen molar-refractivity contribution in [3.05, 3.63) is 33.9 Å². The third-order valence-corrected chi connectivity index (χ3v) is 3.72. The molecule has 0 aliphatic carbocycles. The molecule has 0 unspecified atom stereocenters. The zero-order chi connectivity index (χ0) is 14.7. The smallest absolute Gasteiger partial charge is 0.340 e. The number of ether oxygens (including phenoxy) is 1. The minimum Gasteiger partial charge on any atom is -0.465 e. The summed E-state index contributed by atoms with van der Waals surface area (Å²) >= 11 is 0. The van der Waals surface area contributed by atoms with Gasteiger partial charge in [0, 0.05) is 25.2 Å². The van der Waals surface area contributed by atoms with Crippen molar-refractivity contribution in [3.63, 3.8) is 0 Å². The zero-order valence-electron chi connectivity index (χ0n) is 11.7. The number of non-ortho nitro benzene ring substituents is 1. The van der Waals surface area contributed by atoms with E-state index >= 15 is 0 Å². The van der Waals surface area contributed by atoms with E-state index in [1.807, 2.05) is 0 Å². The molecule has 1 heterocycles. The average Bonchev–Trinajstić information content (AvgIpc) is 2.46. The largest absolute Gasteiger partial charge is 0.465 e. The molecule has 6 nitrogen and oxygen atoms in total. The molecule has 0 N–H and O–H groups in total. The van der Waals surface area contributed by atoms with Crippen LogP contribution in [0.15, 0.2) is 18.2 Å². The van der Waals surface area contributed by atoms with E-state index in [4.69, 9.17) is 4.74 Å². The van der Waals surface area contributed by atoms with Gasteiger partial charge in [-0.15, -0.1) is 0 Å². The second-order valence-electron chi connectivity index (χ2n) is 5.12. The summed E-state index contributed by atoms with van der Waals surface area (Å²) in [6, 6.07) is 4.36. The van der Waals surface area contributed by atoms with Crippen LogP contribution in [0.4, 0.5) is 11.4 Å². The molecular formula is C14H18N2O4. The number of anilines is 1. The zero-order valence-corrected chi connectivity index (χ0v) is 11.7. The van der Waals surface area contributed by atoms with E-state index in [9.17, 15) is 14.9 Å². The highest BCUT2D eigenvalue weighted by Crippen LogP contribution is 2.29. The molecule has 1 saturated heterocycles. The van der Waals surface area contributed by atoms with Gasteiger partial charge in [0.1, 0.15) is 0 Å². The third kappa shape index (κ3) is 2.89. The van der Waals surface area contributed by atoms with Crippen molar-refractivity contribution < 1.29 is 14.5 Å². The highest BCUT2D eigenvalue weighted by Gasteiger charge is 2.23. The number of hydrogen-bond donors (Lipinski definition) is 0. The molecule has 108 valence electrons. The summed E-state index contributed by atoms with van der Waals surface area (Å²) < 4.78 is 4.74. The summed E-state index contributed by atoms with van der Waals surface area (Å²) in [4.78, 5) is 24.3. The van der Waals surface area contributed by atoms with Gasteiger partial charge >= 0.3 is 5.97 Å². The van der Waals surface area contributed by atoms with Gasteiger partial charge < -0.3 is 9.64 Å². The Hall–Kier alpha value is -2.11. The van der Waals surface area contributed by atoms with Gasteiger partial charge in [0.05, 0.1) is 23.3 Å². The number of benzene rings is 1. The number of nitro groups is 1. The molecule has 0 amide bonds. The van der Waals surface area contributed by atoms with Gasteiger partial charge in [-0.25, -0.2) is 4.79 Å². The summed E-state index contributed by atoms with van der Waals surface area (Å²) in [7, 11) is 1.28. The molecule has 6 heteroatoms. The van der Waals surface area contributed by atoms with Crippen molar-refractivity contribution >= 4 is 17.3 Å². The van der Waals surface area contributed by atoms with Gasteiger partial charge in [-0.2, -0.15) is 0 Å². The van der Waals surface area contributed by atoms with Crippen molar-refractivity contribution in [1.82, 2.24) is 0 Å². The van der Waals surface area contributed by atoms with Crippen molar-refractivity contribution in [2.75, 3.05) is 25.1 Å². The average molecular weight is 278 g/mol. The van der Waals surface area contributed by atoms with Crippen molar-refractivity contribution in [3.8, 4) is 0 Å². The van der Waals surface area contributed by atoms with E-state index in [2.05, 4.69) is 11.8 Å². The van der Waals surface area contributed by atoms with Crippen LogP contribution in [0.3, 0.4) is 0 Å². The maximum absolute atomic E-state index is 11.8. The first-order valence-electron chi connectivity index (χ1n) is 6.64. The molecule has 0 radical (unpaired) electrons. The van der Waals surface area contributed by atoms with Crippen molar-refractivity contribution in [2.24, 2.45) is 5.92 Å². The van der Waals surface area contributed by atoms with E-state index < -0.39 is 10.9 Å². The fraction of sp³-hybridized carbons (Fsp3) is 0.500. The van der Waals surface area contributed by atoms with Crippen molar-refractivity contribution in [1.29, 1.82) is 0 Å². The predicted molar refractivity (Wildman–Crippen MR) is 75.0 cm³/mol. The monoisotopic (exact) mass is 278 g/mol. The molecule has 0 aromatic heterocycles. The lowest BCUT2D eigenvalue weighted by molar-refractivity contribution is -0.384. The maximum atomic E-state index is 11.8. The number of esters is 1. The molecule has 1 fully saturated rings. The van der Waals surface area contributed by atoms with Crippen LogP contribution >= 0.6 is 0 Å². The van der Waals surface area contributed by atoms with Crippen LogP contribution in [0, 0.1) is 16.0 Å². The summed E-state index contributed by atoms with van der Waals surface area (Å²) in [5.41, 5.74) is 0.880. The Kier molecular flexibility index (Phi) is 4.22. The summed E-state index contributed by atoms with van der Waals surface area (Å²) in [6.07, 6.45) is 2.11. The Balaban J connectivity index is 2.36. The molecule has 0 spiro atoms. The van der Waals surface area contributed by atoms with Crippen LogP contribution in [0.25, 0.3) is 0 Å². The Morgan fingerprint density at radius 2 is 2.05 bits per heavy atom. The van der Waals surface area contributed by atoms with E-state index in [0.29, 0.717) is 11.6 Å². The summed E-state index contributed by atoms with van der Waals surface area (Å²) in [6.45, 7) is 3.90. The Morgan fingerprint density at radius 1 is 1.40 bits per heavy atom. The number of nitrogens with zero attached hydrogens (tertiary/aromatic N) is 2.